The van der Waals surface area contributed by atoms with Gasteiger partial charge >= 0.3 is 12.2 Å². The molecule has 2 heterocycles. The Bertz CT molecular complexity index is 1050. The largest absolute Gasteiger partial charge is 0.496 e. The van der Waals surface area contributed by atoms with Crippen molar-refractivity contribution >= 4 is 23.7 Å². The molecule has 0 spiro atoms. The number of anilines is 1. The number of methoxy groups -OCH3 is 1. The summed E-state index contributed by atoms with van der Waals surface area (Å²) in [6, 6.07) is 5.81. The van der Waals surface area contributed by atoms with E-state index >= 15 is 0 Å². The molecule has 0 bridgehead atoms. The smallest absolute Gasteiger partial charge is 0.422 e. The minimum atomic E-state index is -4.57. The van der Waals surface area contributed by atoms with Crippen molar-refractivity contribution in [1.82, 2.24) is 20.2 Å². The molecule has 2 aromatic rings. The maximum absolute atomic E-state index is 13.0. The van der Waals surface area contributed by atoms with E-state index in [0.29, 0.717) is 16.2 Å². The summed E-state index contributed by atoms with van der Waals surface area (Å²) in [6.07, 6.45) is -2.56. The molecule has 1 unspecified atom stereocenters. The molecule has 1 aromatic heterocycles. The fraction of sp³-hybridized carbons (Fsp3) is 0.316. The van der Waals surface area contributed by atoms with E-state index in [2.05, 4.69) is 25.3 Å². The molecule has 1 aliphatic heterocycles. The molecular formula is C19H18F3N5O5. The number of carbonyl (C=O) groups excluding carboxylic acids is 3. The monoisotopic (exact) mass is 453 g/mol. The average Bonchev–Trinajstić information content (AvgIpc) is 2.96. The summed E-state index contributed by atoms with van der Waals surface area (Å²) in [7, 11) is 1.42. The van der Waals surface area contributed by atoms with Gasteiger partial charge in [-0.25, -0.2) is 4.79 Å². The van der Waals surface area contributed by atoms with Crippen LogP contribution in [0.3, 0.4) is 0 Å². The summed E-state index contributed by atoms with van der Waals surface area (Å²) >= 11 is 0. The number of nitrogens with one attached hydrogen (secondary N) is 2. The average molecular weight is 453 g/mol. The zero-order valence-electron chi connectivity index (χ0n) is 16.9. The summed E-state index contributed by atoms with van der Waals surface area (Å²) in [5.41, 5.74) is -1.06. The number of hydrogen-bond donors (Lipinski definition) is 2. The predicted octanol–water partition coefficient (Wildman–Crippen LogP) is 1.83. The Morgan fingerprint density at radius 3 is 2.66 bits per heavy atom. The third-order valence-corrected chi connectivity index (χ3v) is 4.49. The number of nitrogens with zero attached hydrogens (tertiary/aromatic N) is 3. The van der Waals surface area contributed by atoms with Gasteiger partial charge in [-0.3, -0.25) is 19.5 Å². The SMILES string of the molecule is COc1ccccc1C1(C)NC(=O)N(CC(=O)Nc2cncc(OCC(F)(F)F)n2)C1=O. The van der Waals surface area contributed by atoms with Gasteiger partial charge in [-0.05, 0) is 13.0 Å². The second kappa shape index (κ2) is 8.69. The number of amides is 4. The Labute approximate surface area is 179 Å². The fourth-order valence-electron chi connectivity index (χ4n) is 3.04. The Balaban J connectivity index is 1.69. The number of ether oxygens (including phenoxy) is 2. The van der Waals surface area contributed by atoms with Crippen LogP contribution in [0.1, 0.15) is 12.5 Å². The maximum atomic E-state index is 13.0. The van der Waals surface area contributed by atoms with E-state index in [1.807, 2.05) is 0 Å². The molecule has 10 nitrogen and oxygen atoms in total. The van der Waals surface area contributed by atoms with E-state index in [1.54, 1.807) is 24.3 Å². The van der Waals surface area contributed by atoms with E-state index in [4.69, 9.17) is 4.74 Å². The van der Waals surface area contributed by atoms with Crippen molar-refractivity contribution in [3.05, 3.63) is 42.2 Å². The van der Waals surface area contributed by atoms with Gasteiger partial charge in [-0.2, -0.15) is 18.2 Å². The molecular weight excluding hydrogens is 435 g/mol. The summed E-state index contributed by atoms with van der Waals surface area (Å²) in [5, 5.41) is 4.82. The van der Waals surface area contributed by atoms with Gasteiger partial charge in [0.2, 0.25) is 11.8 Å². The highest BCUT2D eigenvalue weighted by Crippen LogP contribution is 2.34. The van der Waals surface area contributed by atoms with Gasteiger partial charge in [0.05, 0.1) is 19.5 Å². The quantitative estimate of drug-likeness (QED) is 0.614. The first-order valence-electron chi connectivity index (χ1n) is 9.12. The van der Waals surface area contributed by atoms with Crippen LogP contribution in [0.25, 0.3) is 0 Å². The molecule has 13 heteroatoms. The summed E-state index contributed by atoms with van der Waals surface area (Å²) in [4.78, 5) is 45.8. The van der Waals surface area contributed by atoms with E-state index in [-0.39, 0.29) is 5.82 Å². The lowest BCUT2D eigenvalue weighted by atomic mass is 9.91. The standard InChI is InChI=1S/C19H18F3N5O5/c1-18(11-5-3-4-6-12(11)31-2)16(29)27(17(30)26-18)9-14(28)24-13-7-23-8-15(25-13)32-10-19(20,21)22/h3-8H,9-10H2,1-2H3,(H,26,30)(H,24,25,28). The van der Waals surface area contributed by atoms with Crippen LogP contribution >= 0.6 is 0 Å². The molecule has 0 aliphatic carbocycles. The molecule has 1 aliphatic rings. The lowest BCUT2D eigenvalue weighted by molar-refractivity contribution is -0.154. The normalized spacial score (nSPS) is 18.3. The van der Waals surface area contributed by atoms with Crippen molar-refractivity contribution < 1.29 is 37.0 Å². The minimum absolute atomic E-state index is 0.214. The van der Waals surface area contributed by atoms with Crippen molar-refractivity contribution in [1.29, 1.82) is 0 Å². The number of imide groups is 1. The van der Waals surface area contributed by atoms with Gasteiger partial charge in [0.1, 0.15) is 17.8 Å². The number of carbonyl (C=O) groups is 3. The topological polar surface area (TPSA) is 123 Å². The molecule has 1 fully saturated rings. The van der Waals surface area contributed by atoms with Crippen LogP contribution in [-0.2, 0) is 15.1 Å². The first kappa shape index (κ1) is 22.8. The molecule has 4 amide bonds. The second-order valence-corrected chi connectivity index (χ2v) is 6.84. The molecule has 170 valence electrons. The molecule has 32 heavy (non-hydrogen) atoms. The number of alkyl halides is 3. The van der Waals surface area contributed by atoms with E-state index in [0.717, 1.165) is 12.4 Å². The van der Waals surface area contributed by atoms with Crippen molar-refractivity contribution in [3.63, 3.8) is 0 Å². The number of halogens is 3. The highest BCUT2D eigenvalue weighted by atomic mass is 19.4. The maximum Gasteiger partial charge on any atom is 0.422 e. The van der Waals surface area contributed by atoms with Gasteiger partial charge < -0.3 is 20.1 Å². The molecule has 1 atom stereocenters. The fourth-order valence-corrected chi connectivity index (χ4v) is 3.04. The Morgan fingerprint density at radius 2 is 1.97 bits per heavy atom. The van der Waals surface area contributed by atoms with Crippen LogP contribution in [0.4, 0.5) is 23.8 Å². The van der Waals surface area contributed by atoms with Gasteiger partial charge in [0.15, 0.2) is 12.4 Å². The molecule has 3 rings (SSSR count). The van der Waals surface area contributed by atoms with E-state index in [9.17, 15) is 27.6 Å². The predicted molar refractivity (Wildman–Crippen MR) is 103 cm³/mol. The number of hydrogen-bond acceptors (Lipinski definition) is 7. The van der Waals surface area contributed by atoms with E-state index in [1.165, 1.54) is 14.0 Å². The molecule has 1 aromatic carbocycles. The van der Waals surface area contributed by atoms with Crippen LogP contribution in [0.5, 0.6) is 11.6 Å². The number of benzene rings is 1. The minimum Gasteiger partial charge on any atom is -0.496 e. The van der Waals surface area contributed by atoms with Crippen LogP contribution in [0, 0.1) is 0 Å². The Morgan fingerprint density at radius 1 is 1.25 bits per heavy atom. The van der Waals surface area contributed by atoms with Crippen molar-refractivity contribution in [2.45, 2.75) is 18.6 Å². The molecule has 0 radical (unpaired) electrons. The number of rotatable bonds is 7. The summed E-state index contributed by atoms with van der Waals surface area (Å²) < 4.78 is 46.5. The third-order valence-electron chi connectivity index (χ3n) is 4.49. The lowest BCUT2D eigenvalue weighted by Gasteiger charge is -2.24. The van der Waals surface area contributed by atoms with Gasteiger partial charge in [0, 0.05) is 5.56 Å². The highest BCUT2D eigenvalue weighted by Gasteiger charge is 2.50. The first-order chi connectivity index (χ1) is 15.0. The second-order valence-electron chi connectivity index (χ2n) is 6.84. The van der Waals surface area contributed by atoms with Gasteiger partial charge in [-0.15, -0.1) is 0 Å². The van der Waals surface area contributed by atoms with Crippen LogP contribution < -0.4 is 20.1 Å². The van der Waals surface area contributed by atoms with Crippen LogP contribution in [0.15, 0.2) is 36.7 Å². The third kappa shape index (κ3) is 4.87. The number of urea groups is 1. The Kier molecular flexibility index (Phi) is 6.18. The van der Waals surface area contributed by atoms with Gasteiger partial charge in [0.25, 0.3) is 5.91 Å². The summed E-state index contributed by atoms with van der Waals surface area (Å²) in [6.45, 7) is -0.760. The van der Waals surface area contributed by atoms with E-state index < -0.39 is 48.6 Å². The van der Waals surface area contributed by atoms with Crippen LogP contribution in [-0.4, -0.2) is 59.2 Å². The molecule has 1 saturated heterocycles. The Hall–Kier alpha value is -3.90. The van der Waals surface area contributed by atoms with Crippen molar-refractivity contribution in [2.75, 3.05) is 25.6 Å². The number of para-hydroxylation sites is 1. The summed E-state index contributed by atoms with van der Waals surface area (Å²) in [5.74, 6) is -1.80. The highest BCUT2D eigenvalue weighted by molar-refractivity contribution is 6.10. The van der Waals surface area contributed by atoms with Gasteiger partial charge in [-0.1, -0.05) is 18.2 Å². The lowest BCUT2D eigenvalue weighted by Crippen LogP contribution is -2.42. The first-order valence-corrected chi connectivity index (χ1v) is 9.12. The van der Waals surface area contributed by atoms with Crippen molar-refractivity contribution in [3.8, 4) is 11.6 Å². The molecule has 2 N–H and O–H groups in total. The number of aromatic nitrogens is 2. The zero-order valence-corrected chi connectivity index (χ0v) is 16.9. The zero-order chi connectivity index (χ0) is 23.5. The van der Waals surface area contributed by atoms with Crippen LogP contribution in [0.2, 0.25) is 0 Å². The van der Waals surface area contributed by atoms with Crippen molar-refractivity contribution in [2.24, 2.45) is 0 Å². The molecule has 0 saturated carbocycles.